The van der Waals surface area contributed by atoms with Gasteiger partial charge in [0.25, 0.3) is 0 Å². The Bertz CT molecular complexity index is 875. The molecular formula is C18H16BrClN2O3. The monoisotopic (exact) mass is 422 g/mol. The van der Waals surface area contributed by atoms with Crippen LogP contribution in [0, 0.1) is 0 Å². The molecule has 2 aromatic carbocycles. The van der Waals surface area contributed by atoms with Gasteiger partial charge in [0.1, 0.15) is 0 Å². The fraction of sp³-hybridized carbons (Fsp3) is 0.278. The average Bonchev–Trinajstić information content (AvgIpc) is 2.54. The lowest BCUT2D eigenvalue weighted by Crippen LogP contribution is -2.65. The Balaban J connectivity index is 1.84. The highest BCUT2D eigenvalue weighted by Crippen LogP contribution is 2.50. The SMILES string of the molecule is COc1cc(Br)cc2c1O[C@@]1(C)C[C@H]2NC(=O)N1c1cccc(Cl)c1. The molecule has 5 nitrogen and oxygen atoms in total. The van der Waals surface area contributed by atoms with Crippen molar-refractivity contribution in [3.63, 3.8) is 0 Å². The summed E-state index contributed by atoms with van der Waals surface area (Å²) >= 11 is 9.60. The number of halogens is 2. The van der Waals surface area contributed by atoms with Gasteiger partial charge in [-0.25, -0.2) is 4.79 Å². The van der Waals surface area contributed by atoms with Crippen molar-refractivity contribution in [3.8, 4) is 11.5 Å². The predicted octanol–water partition coefficient (Wildman–Crippen LogP) is 4.88. The topological polar surface area (TPSA) is 50.8 Å². The molecule has 0 unspecified atom stereocenters. The standard InChI is InChI=1S/C18H16BrClN2O3/c1-18-9-14(13-6-10(19)7-15(24-2)16(13)25-18)21-17(23)22(18)12-5-3-4-11(20)8-12/h3-8,14H,9H2,1-2H3,(H,21,23)/t14-,18+/m1/s1. The maximum absolute atomic E-state index is 12.8. The van der Waals surface area contributed by atoms with Crippen LogP contribution in [0.5, 0.6) is 11.5 Å². The van der Waals surface area contributed by atoms with Gasteiger partial charge in [0, 0.05) is 21.5 Å². The summed E-state index contributed by atoms with van der Waals surface area (Å²) < 4.78 is 12.7. The molecule has 2 aliphatic heterocycles. The molecule has 1 fully saturated rings. The van der Waals surface area contributed by atoms with Crippen molar-refractivity contribution in [1.29, 1.82) is 0 Å². The van der Waals surface area contributed by atoms with Gasteiger partial charge in [-0.15, -0.1) is 0 Å². The summed E-state index contributed by atoms with van der Waals surface area (Å²) in [6.45, 7) is 1.91. The molecule has 0 aromatic heterocycles. The minimum Gasteiger partial charge on any atom is -0.493 e. The van der Waals surface area contributed by atoms with Crippen LogP contribution in [0.15, 0.2) is 40.9 Å². The second-order valence-electron chi connectivity index (χ2n) is 6.32. The molecule has 2 amide bonds. The number of anilines is 1. The first-order valence-corrected chi connectivity index (χ1v) is 9.01. The lowest BCUT2D eigenvalue weighted by molar-refractivity contribution is 0.0349. The highest BCUT2D eigenvalue weighted by atomic mass is 79.9. The molecule has 0 radical (unpaired) electrons. The molecule has 1 saturated heterocycles. The van der Waals surface area contributed by atoms with Crippen LogP contribution in [0.1, 0.15) is 24.9 Å². The third kappa shape index (κ3) is 2.64. The molecule has 1 N–H and O–H groups in total. The second kappa shape index (κ2) is 5.81. The molecule has 2 heterocycles. The second-order valence-corrected chi connectivity index (χ2v) is 7.68. The Morgan fingerprint density at radius 3 is 2.92 bits per heavy atom. The average molecular weight is 424 g/mol. The molecule has 2 atom stereocenters. The number of fused-ring (bicyclic) bond motifs is 4. The number of methoxy groups -OCH3 is 1. The number of nitrogens with zero attached hydrogens (tertiary/aromatic N) is 1. The van der Waals surface area contributed by atoms with Crippen LogP contribution in [0.2, 0.25) is 5.02 Å². The van der Waals surface area contributed by atoms with Crippen LogP contribution in [0.4, 0.5) is 10.5 Å². The van der Waals surface area contributed by atoms with Crippen molar-refractivity contribution in [2.45, 2.75) is 25.1 Å². The summed E-state index contributed by atoms with van der Waals surface area (Å²) in [5, 5.41) is 3.63. The van der Waals surface area contributed by atoms with E-state index in [4.69, 9.17) is 21.1 Å². The van der Waals surface area contributed by atoms with Gasteiger partial charge >= 0.3 is 6.03 Å². The summed E-state index contributed by atoms with van der Waals surface area (Å²) in [5.41, 5.74) is 0.750. The molecule has 7 heteroatoms. The van der Waals surface area contributed by atoms with E-state index in [-0.39, 0.29) is 12.1 Å². The molecular weight excluding hydrogens is 408 g/mol. The first-order valence-electron chi connectivity index (χ1n) is 7.84. The Labute approximate surface area is 159 Å². The normalized spacial score (nSPS) is 24.2. The van der Waals surface area contributed by atoms with Crippen LogP contribution < -0.4 is 19.7 Å². The van der Waals surface area contributed by atoms with Crippen LogP contribution in [-0.4, -0.2) is 18.9 Å². The van der Waals surface area contributed by atoms with Crippen LogP contribution in [-0.2, 0) is 0 Å². The summed E-state index contributed by atoms with van der Waals surface area (Å²) in [7, 11) is 1.60. The lowest BCUT2D eigenvalue weighted by Gasteiger charge is -2.50. The van der Waals surface area contributed by atoms with Gasteiger partial charge in [-0.2, -0.15) is 0 Å². The van der Waals surface area contributed by atoms with E-state index >= 15 is 0 Å². The van der Waals surface area contributed by atoms with Gasteiger partial charge in [-0.05, 0) is 37.3 Å². The zero-order chi connectivity index (χ0) is 17.8. The fourth-order valence-corrected chi connectivity index (χ4v) is 4.20. The smallest absolute Gasteiger partial charge is 0.325 e. The Morgan fingerprint density at radius 2 is 2.20 bits per heavy atom. The zero-order valence-corrected chi connectivity index (χ0v) is 16.0. The molecule has 25 heavy (non-hydrogen) atoms. The number of hydrogen-bond acceptors (Lipinski definition) is 3. The van der Waals surface area contributed by atoms with E-state index in [2.05, 4.69) is 21.2 Å². The lowest BCUT2D eigenvalue weighted by atomic mass is 9.90. The summed E-state index contributed by atoms with van der Waals surface area (Å²) in [6, 6.07) is 10.6. The van der Waals surface area contributed by atoms with E-state index in [0.717, 1.165) is 10.0 Å². The minimum absolute atomic E-state index is 0.150. The number of nitrogens with one attached hydrogen (secondary N) is 1. The number of urea groups is 1. The molecule has 4 rings (SSSR count). The summed E-state index contributed by atoms with van der Waals surface area (Å²) in [4.78, 5) is 14.4. The maximum Gasteiger partial charge on any atom is 0.325 e. The molecule has 0 aliphatic carbocycles. The van der Waals surface area contributed by atoms with Gasteiger partial charge in [0.2, 0.25) is 0 Å². The van der Waals surface area contributed by atoms with Crippen LogP contribution in [0.3, 0.4) is 0 Å². The predicted molar refractivity (Wildman–Crippen MR) is 99.5 cm³/mol. The Kier molecular flexibility index (Phi) is 3.85. The van der Waals surface area contributed by atoms with Crippen molar-refractivity contribution >= 4 is 39.2 Å². The van der Waals surface area contributed by atoms with Gasteiger partial charge < -0.3 is 14.8 Å². The van der Waals surface area contributed by atoms with Crippen molar-refractivity contribution in [3.05, 3.63) is 51.5 Å². The summed E-state index contributed by atoms with van der Waals surface area (Å²) in [5.74, 6) is 1.28. The fourth-order valence-electron chi connectivity index (χ4n) is 3.56. The molecule has 2 aromatic rings. The van der Waals surface area contributed by atoms with E-state index in [1.54, 1.807) is 24.1 Å². The van der Waals surface area contributed by atoms with Gasteiger partial charge in [-0.3, -0.25) is 4.90 Å². The quantitative estimate of drug-likeness (QED) is 0.749. The number of benzene rings is 2. The van der Waals surface area contributed by atoms with Crippen molar-refractivity contribution in [2.75, 3.05) is 12.0 Å². The number of carbonyl (C=O) groups is 1. The van der Waals surface area contributed by atoms with Crippen molar-refractivity contribution in [2.24, 2.45) is 0 Å². The zero-order valence-electron chi connectivity index (χ0n) is 13.7. The number of ether oxygens (including phenoxy) is 2. The Hall–Kier alpha value is -1.92. The largest absolute Gasteiger partial charge is 0.493 e. The third-order valence-corrected chi connectivity index (χ3v) is 5.28. The van der Waals surface area contributed by atoms with Crippen molar-refractivity contribution < 1.29 is 14.3 Å². The van der Waals surface area contributed by atoms with Crippen LogP contribution in [0.25, 0.3) is 0 Å². The van der Waals surface area contributed by atoms with Gasteiger partial charge in [0.15, 0.2) is 17.2 Å². The molecule has 2 aliphatic rings. The van der Waals surface area contributed by atoms with Gasteiger partial charge in [-0.1, -0.05) is 33.6 Å². The number of hydrogen-bond donors (Lipinski definition) is 1. The van der Waals surface area contributed by atoms with E-state index in [0.29, 0.717) is 28.6 Å². The summed E-state index contributed by atoms with van der Waals surface area (Å²) in [6.07, 6.45) is 0.609. The minimum atomic E-state index is -0.841. The van der Waals surface area contributed by atoms with E-state index < -0.39 is 5.72 Å². The van der Waals surface area contributed by atoms with E-state index in [1.165, 1.54) is 0 Å². The number of amides is 2. The third-order valence-electron chi connectivity index (χ3n) is 4.59. The van der Waals surface area contributed by atoms with E-state index in [1.807, 2.05) is 31.2 Å². The molecule has 0 saturated carbocycles. The molecule has 2 bridgehead atoms. The molecule has 0 spiro atoms. The number of carbonyl (C=O) groups excluding carboxylic acids is 1. The highest BCUT2D eigenvalue weighted by Gasteiger charge is 2.50. The Morgan fingerprint density at radius 1 is 1.40 bits per heavy atom. The molecule has 130 valence electrons. The van der Waals surface area contributed by atoms with Crippen LogP contribution >= 0.6 is 27.5 Å². The first-order chi connectivity index (χ1) is 11.9. The maximum atomic E-state index is 12.8. The van der Waals surface area contributed by atoms with E-state index in [9.17, 15) is 4.79 Å². The number of rotatable bonds is 2. The first kappa shape index (κ1) is 16.5. The van der Waals surface area contributed by atoms with Gasteiger partial charge in [0.05, 0.1) is 18.8 Å². The highest BCUT2D eigenvalue weighted by molar-refractivity contribution is 9.10. The van der Waals surface area contributed by atoms with Crippen molar-refractivity contribution in [1.82, 2.24) is 5.32 Å².